The first-order chi connectivity index (χ1) is 6.65. The van der Waals surface area contributed by atoms with E-state index in [0.717, 1.165) is 16.9 Å². The van der Waals surface area contributed by atoms with Crippen molar-refractivity contribution >= 4 is 0 Å². The summed E-state index contributed by atoms with van der Waals surface area (Å²) in [6.07, 6.45) is -0.811. The minimum Gasteiger partial charge on any atom is -0.490 e. The Balaban J connectivity index is 2.66. The van der Waals surface area contributed by atoms with Crippen LogP contribution >= 0.6 is 0 Å². The number of para-hydroxylation sites is 1. The predicted octanol–water partition coefficient (Wildman–Crippen LogP) is 1.04. The van der Waals surface area contributed by atoms with Crippen LogP contribution in [-0.2, 0) is 0 Å². The van der Waals surface area contributed by atoms with Crippen molar-refractivity contribution < 1.29 is 14.9 Å². The van der Waals surface area contributed by atoms with Gasteiger partial charge < -0.3 is 14.9 Å². The molecule has 2 N–H and O–H groups in total. The molecule has 78 valence electrons. The molecule has 1 aromatic rings. The van der Waals surface area contributed by atoms with Gasteiger partial charge in [0.1, 0.15) is 18.5 Å². The lowest BCUT2D eigenvalue weighted by Gasteiger charge is -2.13. The fourth-order valence-electron chi connectivity index (χ4n) is 1.26. The lowest BCUT2D eigenvalue weighted by atomic mass is 10.1. The van der Waals surface area contributed by atoms with E-state index in [1.807, 2.05) is 32.0 Å². The van der Waals surface area contributed by atoms with Gasteiger partial charge in [-0.05, 0) is 25.0 Å². The summed E-state index contributed by atoms with van der Waals surface area (Å²) in [5.74, 6) is 0.792. The van der Waals surface area contributed by atoms with Gasteiger partial charge in [0.15, 0.2) is 0 Å². The highest BCUT2D eigenvalue weighted by Crippen LogP contribution is 2.22. The Morgan fingerprint density at radius 3 is 2.36 bits per heavy atom. The second kappa shape index (κ2) is 4.98. The molecule has 0 aliphatic carbocycles. The van der Waals surface area contributed by atoms with E-state index in [9.17, 15) is 0 Å². The van der Waals surface area contributed by atoms with Gasteiger partial charge in [-0.2, -0.15) is 0 Å². The van der Waals surface area contributed by atoms with Gasteiger partial charge >= 0.3 is 0 Å². The third kappa shape index (κ3) is 2.72. The van der Waals surface area contributed by atoms with Gasteiger partial charge in [-0.3, -0.25) is 0 Å². The Labute approximate surface area is 84.0 Å². The SMILES string of the molecule is Cc1cccc(C)c1OCC(O)CO. The molecule has 0 aliphatic rings. The van der Waals surface area contributed by atoms with E-state index in [2.05, 4.69) is 0 Å². The van der Waals surface area contributed by atoms with Crippen molar-refractivity contribution in [2.45, 2.75) is 20.0 Å². The van der Waals surface area contributed by atoms with Crippen LogP contribution in [0.3, 0.4) is 0 Å². The zero-order chi connectivity index (χ0) is 10.6. The number of benzene rings is 1. The van der Waals surface area contributed by atoms with Crippen molar-refractivity contribution in [1.82, 2.24) is 0 Å². The third-order valence-corrected chi connectivity index (χ3v) is 2.04. The van der Waals surface area contributed by atoms with Crippen LogP contribution in [0.2, 0.25) is 0 Å². The van der Waals surface area contributed by atoms with Crippen molar-refractivity contribution in [3.05, 3.63) is 29.3 Å². The fraction of sp³-hybridized carbons (Fsp3) is 0.455. The molecule has 0 saturated heterocycles. The molecular weight excluding hydrogens is 180 g/mol. The highest BCUT2D eigenvalue weighted by atomic mass is 16.5. The first-order valence-electron chi connectivity index (χ1n) is 4.63. The Kier molecular flexibility index (Phi) is 3.92. The van der Waals surface area contributed by atoms with E-state index in [4.69, 9.17) is 14.9 Å². The first kappa shape index (κ1) is 11.0. The maximum Gasteiger partial charge on any atom is 0.125 e. The van der Waals surface area contributed by atoms with E-state index in [-0.39, 0.29) is 13.2 Å². The highest BCUT2D eigenvalue weighted by Gasteiger charge is 2.06. The molecule has 0 fully saturated rings. The average molecular weight is 196 g/mol. The minimum atomic E-state index is -0.811. The van der Waals surface area contributed by atoms with Crippen LogP contribution in [0.15, 0.2) is 18.2 Å². The Morgan fingerprint density at radius 2 is 1.86 bits per heavy atom. The Morgan fingerprint density at radius 1 is 1.29 bits per heavy atom. The van der Waals surface area contributed by atoms with E-state index < -0.39 is 6.10 Å². The van der Waals surface area contributed by atoms with Gasteiger partial charge in [0.25, 0.3) is 0 Å². The molecule has 0 aliphatic heterocycles. The molecule has 0 aromatic heterocycles. The van der Waals surface area contributed by atoms with Crippen molar-refractivity contribution in [2.24, 2.45) is 0 Å². The minimum absolute atomic E-state index is 0.127. The van der Waals surface area contributed by atoms with Crippen LogP contribution < -0.4 is 4.74 Å². The molecular formula is C11H16O3. The lowest BCUT2D eigenvalue weighted by molar-refractivity contribution is 0.0532. The van der Waals surface area contributed by atoms with Crippen LogP contribution in [0.1, 0.15) is 11.1 Å². The van der Waals surface area contributed by atoms with Crippen LogP contribution in [0, 0.1) is 13.8 Å². The monoisotopic (exact) mass is 196 g/mol. The molecule has 3 heteroatoms. The first-order valence-corrected chi connectivity index (χ1v) is 4.63. The molecule has 3 nitrogen and oxygen atoms in total. The topological polar surface area (TPSA) is 49.7 Å². The molecule has 1 atom stereocenters. The van der Waals surface area contributed by atoms with Crippen LogP contribution in [0.4, 0.5) is 0 Å². The van der Waals surface area contributed by atoms with E-state index >= 15 is 0 Å². The summed E-state index contributed by atoms with van der Waals surface area (Å²) in [7, 11) is 0. The van der Waals surface area contributed by atoms with Crippen molar-refractivity contribution in [1.29, 1.82) is 0 Å². The zero-order valence-electron chi connectivity index (χ0n) is 8.53. The number of aliphatic hydroxyl groups is 2. The molecule has 0 amide bonds. The van der Waals surface area contributed by atoms with Crippen LogP contribution in [-0.4, -0.2) is 29.5 Å². The number of aryl methyl sites for hydroxylation is 2. The van der Waals surface area contributed by atoms with Crippen molar-refractivity contribution in [2.75, 3.05) is 13.2 Å². The number of hydrogen-bond donors (Lipinski definition) is 2. The van der Waals surface area contributed by atoms with Gasteiger partial charge in [-0.1, -0.05) is 18.2 Å². The fourth-order valence-corrected chi connectivity index (χ4v) is 1.26. The standard InChI is InChI=1S/C11H16O3/c1-8-4-3-5-9(2)11(8)14-7-10(13)6-12/h3-5,10,12-13H,6-7H2,1-2H3. The molecule has 1 unspecified atom stereocenters. The third-order valence-electron chi connectivity index (χ3n) is 2.04. The molecule has 0 bridgehead atoms. The molecule has 0 heterocycles. The molecule has 1 aromatic carbocycles. The zero-order valence-corrected chi connectivity index (χ0v) is 8.53. The molecule has 0 saturated carbocycles. The normalized spacial score (nSPS) is 12.6. The van der Waals surface area contributed by atoms with Gasteiger partial charge in [-0.25, -0.2) is 0 Å². The largest absolute Gasteiger partial charge is 0.490 e. The van der Waals surface area contributed by atoms with Crippen molar-refractivity contribution in [3.63, 3.8) is 0 Å². The van der Waals surface area contributed by atoms with Gasteiger partial charge in [0, 0.05) is 0 Å². The maximum absolute atomic E-state index is 9.13. The molecule has 0 spiro atoms. The molecule has 1 rings (SSSR count). The number of hydrogen-bond acceptors (Lipinski definition) is 3. The summed E-state index contributed by atoms with van der Waals surface area (Å²) in [5, 5.41) is 17.7. The van der Waals surface area contributed by atoms with Crippen LogP contribution in [0.25, 0.3) is 0 Å². The van der Waals surface area contributed by atoms with E-state index in [0.29, 0.717) is 0 Å². The number of aliphatic hydroxyl groups excluding tert-OH is 2. The number of ether oxygens (including phenoxy) is 1. The summed E-state index contributed by atoms with van der Waals surface area (Å²) < 4.78 is 5.41. The Hall–Kier alpha value is -1.06. The van der Waals surface area contributed by atoms with Gasteiger partial charge in [-0.15, -0.1) is 0 Å². The van der Waals surface area contributed by atoms with E-state index in [1.165, 1.54) is 0 Å². The van der Waals surface area contributed by atoms with Crippen LogP contribution in [0.5, 0.6) is 5.75 Å². The highest BCUT2D eigenvalue weighted by molar-refractivity contribution is 5.39. The summed E-state index contributed by atoms with van der Waals surface area (Å²) >= 11 is 0. The van der Waals surface area contributed by atoms with Gasteiger partial charge in [0.2, 0.25) is 0 Å². The second-order valence-electron chi connectivity index (χ2n) is 3.37. The lowest BCUT2D eigenvalue weighted by Crippen LogP contribution is -2.21. The summed E-state index contributed by atoms with van der Waals surface area (Å²) in [4.78, 5) is 0. The van der Waals surface area contributed by atoms with Gasteiger partial charge in [0.05, 0.1) is 6.61 Å². The smallest absolute Gasteiger partial charge is 0.125 e. The quantitative estimate of drug-likeness (QED) is 0.756. The summed E-state index contributed by atoms with van der Waals surface area (Å²) in [6.45, 7) is 3.76. The predicted molar refractivity (Wildman–Crippen MR) is 54.5 cm³/mol. The second-order valence-corrected chi connectivity index (χ2v) is 3.37. The number of rotatable bonds is 4. The summed E-state index contributed by atoms with van der Waals surface area (Å²) in [6, 6.07) is 5.86. The van der Waals surface area contributed by atoms with E-state index in [1.54, 1.807) is 0 Å². The molecule has 0 radical (unpaired) electrons. The summed E-state index contributed by atoms with van der Waals surface area (Å²) in [5.41, 5.74) is 2.07. The average Bonchev–Trinajstić information content (AvgIpc) is 2.16. The maximum atomic E-state index is 9.13. The molecule has 14 heavy (non-hydrogen) atoms. The van der Waals surface area contributed by atoms with Crippen molar-refractivity contribution in [3.8, 4) is 5.75 Å². The Bertz CT molecular complexity index is 276.